The first-order valence-electron chi connectivity index (χ1n) is 5.68. The quantitative estimate of drug-likeness (QED) is 0.885. The SMILES string of the molecule is O=S(=O)(c1c(Cl)cccc1Br)N1CCCNCC1. The van der Waals surface area contributed by atoms with Crippen LogP contribution in [-0.4, -0.2) is 38.9 Å². The molecule has 1 aromatic carbocycles. The Bertz CT molecular complexity index is 508. The van der Waals surface area contributed by atoms with Crippen molar-refractivity contribution in [3.05, 3.63) is 27.7 Å². The first kappa shape index (κ1) is 14.3. The van der Waals surface area contributed by atoms with Crippen molar-refractivity contribution in [3.63, 3.8) is 0 Å². The molecule has 1 saturated heterocycles. The van der Waals surface area contributed by atoms with Gasteiger partial charge in [0.15, 0.2) is 0 Å². The monoisotopic (exact) mass is 352 g/mol. The Balaban J connectivity index is 2.41. The molecule has 0 spiro atoms. The Kier molecular flexibility index (Phi) is 4.66. The van der Waals surface area contributed by atoms with Crippen LogP contribution in [0.15, 0.2) is 27.6 Å². The normalized spacial score (nSPS) is 18.6. The lowest BCUT2D eigenvalue weighted by Gasteiger charge is -2.21. The van der Waals surface area contributed by atoms with Gasteiger partial charge in [-0.2, -0.15) is 4.31 Å². The third kappa shape index (κ3) is 2.88. The highest BCUT2D eigenvalue weighted by Crippen LogP contribution is 2.31. The van der Waals surface area contributed by atoms with Crippen LogP contribution in [-0.2, 0) is 10.0 Å². The summed E-state index contributed by atoms with van der Waals surface area (Å²) in [6, 6.07) is 5.00. The fourth-order valence-corrected chi connectivity index (χ4v) is 5.07. The number of nitrogens with one attached hydrogen (secondary N) is 1. The van der Waals surface area contributed by atoms with E-state index in [9.17, 15) is 8.42 Å². The van der Waals surface area contributed by atoms with E-state index >= 15 is 0 Å². The van der Waals surface area contributed by atoms with Gasteiger partial charge >= 0.3 is 0 Å². The molecule has 100 valence electrons. The van der Waals surface area contributed by atoms with Gasteiger partial charge in [0.2, 0.25) is 10.0 Å². The Labute approximate surface area is 120 Å². The fraction of sp³-hybridized carbons (Fsp3) is 0.455. The van der Waals surface area contributed by atoms with Gasteiger partial charge in [-0.1, -0.05) is 17.7 Å². The van der Waals surface area contributed by atoms with Crippen molar-refractivity contribution >= 4 is 37.6 Å². The maximum Gasteiger partial charge on any atom is 0.245 e. The van der Waals surface area contributed by atoms with E-state index in [2.05, 4.69) is 21.2 Å². The van der Waals surface area contributed by atoms with E-state index in [1.54, 1.807) is 18.2 Å². The van der Waals surface area contributed by atoms with Crippen molar-refractivity contribution in [2.75, 3.05) is 26.2 Å². The summed E-state index contributed by atoms with van der Waals surface area (Å²) in [5, 5.41) is 3.43. The summed E-state index contributed by atoms with van der Waals surface area (Å²) < 4.78 is 27.1. The summed E-state index contributed by atoms with van der Waals surface area (Å²) in [4.78, 5) is 0.161. The fourth-order valence-electron chi connectivity index (χ4n) is 1.92. The molecular formula is C11H14BrClN2O2S. The molecule has 0 saturated carbocycles. The molecule has 1 fully saturated rings. The third-order valence-electron chi connectivity index (χ3n) is 2.82. The number of rotatable bonds is 2. The van der Waals surface area contributed by atoms with Gasteiger partial charge in [-0.3, -0.25) is 0 Å². The highest BCUT2D eigenvalue weighted by molar-refractivity contribution is 9.10. The molecule has 0 unspecified atom stereocenters. The molecule has 0 radical (unpaired) electrons. The maximum atomic E-state index is 12.6. The molecule has 0 bridgehead atoms. The molecule has 0 aliphatic carbocycles. The highest BCUT2D eigenvalue weighted by Gasteiger charge is 2.29. The Hall–Kier alpha value is -0.140. The zero-order chi connectivity index (χ0) is 13.2. The molecule has 1 aromatic rings. The molecule has 1 aliphatic heterocycles. The molecular weight excluding hydrogens is 340 g/mol. The van der Waals surface area contributed by atoms with Crippen LogP contribution in [0.4, 0.5) is 0 Å². The molecule has 0 amide bonds. The first-order valence-corrected chi connectivity index (χ1v) is 8.29. The lowest BCUT2D eigenvalue weighted by atomic mass is 10.4. The van der Waals surface area contributed by atoms with E-state index in [1.807, 2.05) is 0 Å². The maximum absolute atomic E-state index is 12.6. The van der Waals surface area contributed by atoms with Crippen LogP contribution < -0.4 is 5.32 Å². The zero-order valence-electron chi connectivity index (χ0n) is 9.70. The van der Waals surface area contributed by atoms with Gasteiger partial charge in [-0.15, -0.1) is 0 Å². The van der Waals surface area contributed by atoms with Gasteiger partial charge in [-0.05, 0) is 41.0 Å². The number of sulfonamides is 1. The van der Waals surface area contributed by atoms with Crippen molar-refractivity contribution in [2.24, 2.45) is 0 Å². The zero-order valence-corrected chi connectivity index (χ0v) is 12.9. The summed E-state index contributed by atoms with van der Waals surface area (Å²) in [7, 11) is -3.53. The van der Waals surface area contributed by atoms with Gasteiger partial charge in [0.25, 0.3) is 0 Å². The minimum atomic E-state index is -3.53. The van der Waals surface area contributed by atoms with Crippen molar-refractivity contribution in [1.29, 1.82) is 0 Å². The van der Waals surface area contributed by atoms with Gasteiger partial charge < -0.3 is 5.32 Å². The van der Waals surface area contributed by atoms with Gasteiger partial charge in [0, 0.05) is 24.1 Å². The topological polar surface area (TPSA) is 49.4 Å². The Morgan fingerprint density at radius 1 is 1.28 bits per heavy atom. The molecule has 1 aliphatic rings. The minimum Gasteiger partial charge on any atom is -0.315 e. The van der Waals surface area contributed by atoms with Gasteiger partial charge in [-0.25, -0.2) is 8.42 Å². The van der Waals surface area contributed by atoms with Gasteiger partial charge in [0.1, 0.15) is 4.90 Å². The molecule has 7 heteroatoms. The number of hydrogen-bond donors (Lipinski definition) is 1. The van der Waals surface area contributed by atoms with Crippen molar-refractivity contribution in [1.82, 2.24) is 9.62 Å². The molecule has 4 nitrogen and oxygen atoms in total. The second kappa shape index (κ2) is 5.88. The average Bonchev–Trinajstić information content (AvgIpc) is 2.57. The minimum absolute atomic E-state index is 0.161. The predicted molar refractivity (Wildman–Crippen MR) is 75.4 cm³/mol. The summed E-state index contributed by atoms with van der Waals surface area (Å²) in [6.45, 7) is 2.50. The standard InChI is InChI=1S/C11H14BrClN2O2S/c12-9-3-1-4-10(13)11(9)18(16,17)15-7-2-5-14-6-8-15/h1,3-4,14H,2,5-8H2. The van der Waals surface area contributed by atoms with Crippen molar-refractivity contribution < 1.29 is 8.42 Å². The van der Waals surface area contributed by atoms with Crippen LogP contribution in [0.1, 0.15) is 6.42 Å². The van der Waals surface area contributed by atoms with E-state index < -0.39 is 10.0 Å². The predicted octanol–water partition coefficient (Wildman–Crippen LogP) is 2.09. The van der Waals surface area contributed by atoms with Crippen LogP contribution in [0.2, 0.25) is 5.02 Å². The lowest BCUT2D eigenvalue weighted by Crippen LogP contribution is -2.34. The van der Waals surface area contributed by atoms with E-state index in [0.717, 1.165) is 13.0 Å². The van der Waals surface area contributed by atoms with Crippen LogP contribution in [0.3, 0.4) is 0 Å². The Morgan fingerprint density at radius 3 is 2.78 bits per heavy atom. The summed E-state index contributed by atoms with van der Waals surface area (Å²) >= 11 is 9.29. The molecule has 18 heavy (non-hydrogen) atoms. The number of benzene rings is 1. The molecule has 2 rings (SSSR count). The molecule has 1 heterocycles. The number of halogens is 2. The highest BCUT2D eigenvalue weighted by atomic mass is 79.9. The molecule has 0 aromatic heterocycles. The Morgan fingerprint density at radius 2 is 2.06 bits per heavy atom. The van der Waals surface area contributed by atoms with E-state index in [-0.39, 0.29) is 9.92 Å². The van der Waals surface area contributed by atoms with Crippen LogP contribution in [0, 0.1) is 0 Å². The summed E-state index contributed by atoms with van der Waals surface area (Å²) in [5.41, 5.74) is 0. The third-order valence-corrected chi connectivity index (χ3v) is 6.17. The second-order valence-electron chi connectivity index (χ2n) is 4.06. The van der Waals surface area contributed by atoms with E-state index in [4.69, 9.17) is 11.6 Å². The summed E-state index contributed by atoms with van der Waals surface area (Å²) in [5.74, 6) is 0. The van der Waals surface area contributed by atoms with Crippen molar-refractivity contribution in [3.8, 4) is 0 Å². The average molecular weight is 354 g/mol. The van der Waals surface area contributed by atoms with Crippen molar-refractivity contribution in [2.45, 2.75) is 11.3 Å². The smallest absolute Gasteiger partial charge is 0.245 e. The first-order chi connectivity index (χ1) is 8.53. The van der Waals surface area contributed by atoms with Gasteiger partial charge in [0.05, 0.1) is 5.02 Å². The summed E-state index contributed by atoms with van der Waals surface area (Å²) in [6.07, 6.45) is 0.807. The largest absolute Gasteiger partial charge is 0.315 e. The van der Waals surface area contributed by atoms with Crippen LogP contribution >= 0.6 is 27.5 Å². The number of nitrogens with zero attached hydrogens (tertiary/aromatic N) is 1. The van der Waals surface area contributed by atoms with Crippen LogP contribution in [0.5, 0.6) is 0 Å². The molecule has 1 N–H and O–H groups in total. The van der Waals surface area contributed by atoms with E-state index in [1.165, 1.54) is 4.31 Å². The lowest BCUT2D eigenvalue weighted by molar-refractivity contribution is 0.431. The molecule has 0 atom stereocenters. The van der Waals surface area contributed by atoms with E-state index in [0.29, 0.717) is 24.1 Å². The van der Waals surface area contributed by atoms with Crippen LogP contribution in [0.25, 0.3) is 0 Å². The number of hydrogen-bond acceptors (Lipinski definition) is 3. The second-order valence-corrected chi connectivity index (χ2v) is 7.19.